The van der Waals surface area contributed by atoms with E-state index in [1.807, 2.05) is 13.0 Å². The third-order valence-corrected chi connectivity index (χ3v) is 4.97. The number of fused-ring (bicyclic) bond motifs is 2. The highest BCUT2D eigenvalue weighted by Gasteiger charge is 2.14. The number of nitrogens with one attached hydrogen (secondary N) is 2. The van der Waals surface area contributed by atoms with Gasteiger partial charge in [-0.3, -0.25) is 9.20 Å². The maximum atomic E-state index is 12.4. The van der Waals surface area contributed by atoms with Crippen LogP contribution in [-0.2, 0) is 6.61 Å². The van der Waals surface area contributed by atoms with Crippen molar-refractivity contribution < 1.29 is 19.0 Å². The van der Waals surface area contributed by atoms with E-state index in [4.69, 9.17) is 14.2 Å². The fourth-order valence-electron chi connectivity index (χ4n) is 3.42. The maximum Gasteiger partial charge on any atom is 0.323 e. The number of anilines is 2. The Hall–Kier alpha value is -4.53. The number of carbonyl (C=O) groups excluding carboxylic acids is 1. The van der Waals surface area contributed by atoms with E-state index in [9.17, 15) is 9.59 Å². The molecular weight excluding hydrogens is 424 g/mol. The molecule has 5 rings (SSSR count). The van der Waals surface area contributed by atoms with E-state index >= 15 is 0 Å². The number of benzene rings is 2. The topological polar surface area (TPSA) is 103 Å². The normalized spacial score (nSPS) is 11.9. The quantitative estimate of drug-likeness (QED) is 0.483. The van der Waals surface area contributed by atoms with Crippen molar-refractivity contribution in [2.24, 2.45) is 0 Å². The molecule has 0 saturated carbocycles. The summed E-state index contributed by atoms with van der Waals surface area (Å²) in [5.41, 5.74) is 3.01. The van der Waals surface area contributed by atoms with Crippen LogP contribution in [0.1, 0.15) is 11.3 Å². The van der Waals surface area contributed by atoms with Crippen LogP contribution in [0.25, 0.3) is 5.65 Å². The molecule has 2 N–H and O–H groups in total. The number of hydrogen-bond donors (Lipinski definition) is 2. The van der Waals surface area contributed by atoms with Gasteiger partial charge in [-0.05, 0) is 42.8 Å². The predicted octanol–water partition coefficient (Wildman–Crippen LogP) is 3.95. The van der Waals surface area contributed by atoms with Crippen LogP contribution in [0.5, 0.6) is 17.2 Å². The van der Waals surface area contributed by atoms with Gasteiger partial charge < -0.3 is 24.8 Å². The highest BCUT2D eigenvalue weighted by molar-refractivity contribution is 6.00. The van der Waals surface area contributed by atoms with E-state index in [0.29, 0.717) is 40.0 Å². The molecule has 0 spiro atoms. The summed E-state index contributed by atoms with van der Waals surface area (Å²) in [7, 11) is 0. The number of aromatic nitrogens is 2. The van der Waals surface area contributed by atoms with Crippen molar-refractivity contribution in [3.05, 3.63) is 88.5 Å². The van der Waals surface area contributed by atoms with Gasteiger partial charge in [-0.25, -0.2) is 9.78 Å². The van der Waals surface area contributed by atoms with Gasteiger partial charge in [0.2, 0.25) is 6.79 Å². The van der Waals surface area contributed by atoms with Crippen molar-refractivity contribution in [1.29, 1.82) is 0 Å². The lowest BCUT2D eigenvalue weighted by Gasteiger charge is -2.11. The molecule has 9 heteroatoms. The summed E-state index contributed by atoms with van der Waals surface area (Å²) in [4.78, 5) is 29.2. The fraction of sp³-hybridized carbons (Fsp3) is 0.125. The number of rotatable bonds is 5. The zero-order valence-corrected chi connectivity index (χ0v) is 17.7. The second kappa shape index (κ2) is 8.54. The molecule has 0 atom stereocenters. The number of ether oxygens (including phenoxy) is 3. The van der Waals surface area contributed by atoms with Gasteiger partial charge in [0.25, 0.3) is 5.56 Å². The summed E-state index contributed by atoms with van der Waals surface area (Å²) >= 11 is 0. The van der Waals surface area contributed by atoms with Gasteiger partial charge >= 0.3 is 6.03 Å². The Balaban J connectivity index is 1.23. The molecule has 2 amide bonds. The van der Waals surface area contributed by atoms with Crippen molar-refractivity contribution in [3.63, 3.8) is 0 Å². The standard InChI is InChI=1S/C24H20N4O5/c1-15-5-8-22-25-18(11-23(29)28(22)12-15)13-31-19-4-2-3-16(9-19)26-24(30)27-17-6-7-20-21(10-17)33-14-32-20/h2-12H,13-14H2,1H3,(H2,26,27,30). The summed E-state index contributed by atoms with van der Waals surface area (Å²) in [6.45, 7) is 2.20. The fourth-order valence-corrected chi connectivity index (χ4v) is 3.42. The first-order valence-corrected chi connectivity index (χ1v) is 10.2. The lowest BCUT2D eigenvalue weighted by Crippen LogP contribution is -2.19. The Kier molecular flexibility index (Phi) is 5.27. The Labute approximate surface area is 188 Å². The van der Waals surface area contributed by atoms with E-state index < -0.39 is 6.03 Å². The first-order valence-electron chi connectivity index (χ1n) is 10.2. The number of amides is 2. The summed E-state index contributed by atoms with van der Waals surface area (Å²) in [6.07, 6.45) is 1.75. The molecule has 9 nitrogen and oxygen atoms in total. The molecule has 3 heterocycles. The average molecular weight is 444 g/mol. The van der Waals surface area contributed by atoms with Crippen molar-refractivity contribution in [3.8, 4) is 17.2 Å². The molecule has 166 valence electrons. The Morgan fingerprint density at radius 3 is 2.73 bits per heavy atom. The molecule has 0 bridgehead atoms. The van der Waals surface area contributed by atoms with E-state index in [1.165, 1.54) is 10.5 Å². The lowest BCUT2D eigenvalue weighted by atomic mass is 10.3. The van der Waals surface area contributed by atoms with Crippen LogP contribution in [0.3, 0.4) is 0 Å². The van der Waals surface area contributed by atoms with Gasteiger partial charge in [0, 0.05) is 35.8 Å². The zero-order chi connectivity index (χ0) is 22.8. The summed E-state index contributed by atoms with van der Waals surface area (Å²) in [5, 5.41) is 5.52. The van der Waals surface area contributed by atoms with Crippen LogP contribution >= 0.6 is 0 Å². The van der Waals surface area contributed by atoms with Gasteiger partial charge in [0.15, 0.2) is 11.5 Å². The number of aryl methyl sites for hydroxylation is 1. The molecule has 2 aromatic carbocycles. The summed E-state index contributed by atoms with van der Waals surface area (Å²) in [5.74, 6) is 1.76. The smallest absolute Gasteiger partial charge is 0.323 e. The molecular formula is C24H20N4O5. The van der Waals surface area contributed by atoms with E-state index in [1.54, 1.807) is 54.7 Å². The predicted molar refractivity (Wildman–Crippen MR) is 122 cm³/mol. The van der Waals surface area contributed by atoms with Crippen molar-refractivity contribution in [1.82, 2.24) is 9.38 Å². The average Bonchev–Trinajstić information content (AvgIpc) is 3.26. The van der Waals surface area contributed by atoms with E-state index in [-0.39, 0.29) is 19.0 Å². The van der Waals surface area contributed by atoms with Crippen molar-refractivity contribution in [2.45, 2.75) is 13.5 Å². The van der Waals surface area contributed by atoms with Gasteiger partial charge in [-0.2, -0.15) is 0 Å². The number of carbonyl (C=O) groups is 1. The minimum atomic E-state index is -0.412. The first kappa shape index (κ1) is 20.4. The largest absolute Gasteiger partial charge is 0.487 e. The highest BCUT2D eigenvalue weighted by atomic mass is 16.7. The second-order valence-corrected chi connectivity index (χ2v) is 7.48. The Bertz CT molecular complexity index is 1420. The van der Waals surface area contributed by atoms with Gasteiger partial charge in [0.1, 0.15) is 18.0 Å². The van der Waals surface area contributed by atoms with Gasteiger partial charge in [-0.15, -0.1) is 0 Å². The number of hydrogen-bond acceptors (Lipinski definition) is 6. The number of nitrogens with zero attached hydrogens (tertiary/aromatic N) is 2. The van der Waals surface area contributed by atoms with E-state index in [2.05, 4.69) is 15.6 Å². The van der Waals surface area contributed by atoms with Crippen LogP contribution in [-0.4, -0.2) is 22.2 Å². The third-order valence-electron chi connectivity index (χ3n) is 4.97. The molecule has 4 aromatic rings. The summed E-state index contributed by atoms with van der Waals surface area (Å²) < 4.78 is 17.9. The Morgan fingerprint density at radius 2 is 1.85 bits per heavy atom. The number of pyridine rings is 1. The van der Waals surface area contributed by atoms with Crippen LogP contribution in [0, 0.1) is 6.92 Å². The summed E-state index contributed by atoms with van der Waals surface area (Å²) in [6, 6.07) is 16.9. The van der Waals surface area contributed by atoms with Gasteiger partial charge in [-0.1, -0.05) is 12.1 Å². The van der Waals surface area contributed by atoms with Crippen molar-refractivity contribution in [2.75, 3.05) is 17.4 Å². The van der Waals surface area contributed by atoms with Crippen molar-refractivity contribution >= 4 is 23.1 Å². The van der Waals surface area contributed by atoms with Gasteiger partial charge in [0.05, 0.1) is 5.69 Å². The first-order chi connectivity index (χ1) is 16.0. The van der Waals surface area contributed by atoms with Crippen LogP contribution < -0.4 is 30.4 Å². The second-order valence-electron chi connectivity index (χ2n) is 7.48. The number of urea groups is 1. The molecule has 0 saturated heterocycles. The molecule has 1 aliphatic rings. The molecule has 1 aliphatic heterocycles. The zero-order valence-electron chi connectivity index (χ0n) is 17.7. The van der Waals surface area contributed by atoms with Crippen LogP contribution in [0.2, 0.25) is 0 Å². The van der Waals surface area contributed by atoms with E-state index in [0.717, 1.165) is 5.56 Å². The molecule has 0 aliphatic carbocycles. The molecule has 0 unspecified atom stereocenters. The monoisotopic (exact) mass is 444 g/mol. The van der Waals surface area contributed by atoms with Crippen LogP contribution in [0.4, 0.5) is 16.2 Å². The third kappa shape index (κ3) is 4.57. The highest BCUT2D eigenvalue weighted by Crippen LogP contribution is 2.34. The molecule has 0 fully saturated rings. The molecule has 33 heavy (non-hydrogen) atoms. The van der Waals surface area contributed by atoms with Crippen LogP contribution in [0.15, 0.2) is 71.7 Å². The Morgan fingerprint density at radius 1 is 1.03 bits per heavy atom. The minimum absolute atomic E-state index is 0.118. The molecule has 2 aromatic heterocycles. The SMILES string of the molecule is Cc1ccc2nc(COc3cccc(NC(=O)Nc4ccc5c(c4)OCO5)c3)cc(=O)n2c1. The molecule has 0 radical (unpaired) electrons. The minimum Gasteiger partial charge on any atom is -0.487 e. The lowest BCUT2D eigenvalue weighted by molar-refractivity contribution is 0.174. The maximum absolute atomic E-state index is 12.4.